The molecule has 0 amide bonds. The van der Waals surface area contributed by atoms with Gasteiger partial charge in [-0.1, -0.05) is 0 Å². The second-order valence-corrected chi connectivity index (χ2v) is 7.07. The van der Waals surface area contributed by atoms with Gasteiger partial charge in [0, 0.05) is 5.69 Å². The SMILES string of the molecule is CCOC(=O)c1ccc(NC(=S)Nc2cc(S(N)(=O)=O)ccc2O)cc1. The zero-order valence-corrected chi connectivity index (χ0v) is 15.4. The molecule has 0 saturated carbocycles. The molecule has 0 fully saturated rings. The lowest BCUT2D eigenvalue weighted by Crippen LogP contribution is -2.20. The Balaban J connectivity index is 2.08. The number of phenolic OH excluding ortho intramolecular Hbond substituents is 1. The molecule has 0 aliphatic carbocycles. The normalized spacial score (nSPS) is 10.8. The number of sulfonamides is 1. The monoisotopic (exact) mass is 395 g/mol. The van der Waals surface area contributed by atoms with Gasteiger partial charge in [-0.15, -0.1) is 0 Å². The lowest BCUT2D eigenvalue weighted by atomic mass is 10.2. The molecule has 0 saturated heterocycles. The van der Waals surface area contributed by atoms with Crippen LogP contribution in [0.1, 0.15) is 17.3 Å². The molecular weight excluding hydrogens is 378 g/mol. The van der Waals surface area contributed by atoms with Crippen molar-refractivity contribution in [3.8, 4) is 5.75 Å². The van der Waals surface area contributed by atoms with Gasteiger partial charge in [0.2, 0.25) is 10.0 Å². The molecule has 2 aromatic rings. The molecule has 0 unspecified atom stereocenters. The zero-order chi connectivity index (χ0) is 19.3. The van der Waals surface area contributed by atoms with Gasteiger partial charge in [-0.05, 0) is 61.6 Å². The van der Waals surface area contributed by atoms with Crippen LogP contribution in [-0.4, -0.2) is 31.2 Å². The van der Waals surface area contributed by atoms with Crippen LogP contribution in [-0.2, 0) is 14.8 Å². The number of carbonyl (C=O) groups is 1. The highest BCUT2D eigenvalue weighted by atomic mass is 32.2. The summed E-state index contributed by atoms with van der Waals surface area (Å²) in [7, 11) is -3.91. The highest BCUT2D eigenvalue weighted by Crippen LogP contribution is 2.26. The van der Waals surface area contributed by atoms with Crippen LogP contribution in [0.5, 0.6) is 5.75 Å². The van der Waals surface area contributed by atoms with Crippen molar-refractivity contribution in [1.29, 1.82) is 0 Å². The van der Waals surface area contributed by atoms with Crippen molar-refractivity contribution in [2.75, 3.05) is 17.2 Å². The Kier molecular flexibility index (Phi) is 6.14. The number of thiocarbonyl (C=S) groups is 1. The minimum Gasteiger partial charge on any atom is -0.506 e. The molecule has 0 aliphatic rings. The van der Waals surface area contributed by atoms with Gasteiger partial charge in [0.25, 0.3) is 0 Å². The van der Waals surface area contributed by atoms with Crippen molar-refractivity contribution in [2.45, 2.75) is 11.8 Å². The van der Waals surface area contributed by atoms with Crippen LogP contribution in [0.4, 0.5) is 11.4 Å². The molecule has 8 nitrogen and oxygen atoms in total. The smallest absolute Gasteiger partial charge is 0.338 e. The molecule has 5 N–H and O–H groups in total. The molecule has 0 atom stereocenters. The summed E-state index contributed by atoms with van der Waals surface area (Å²) in [6.07, 6.45) is 0. The number of rotatable bonds is 5. The van der Waals surface area contributed by atoms with E-state index in [-0.39, 0.29) is 28.1 Å². The van der Waals surface area contributed by atoms with E-state index in [2.05, 4.69) is 10.6 Å². The average molecular weight is 395 g/mol. The van der Waals surface area contributed by atoms with Gasteiger partial charge in [-0.2, -0.15) is 0 Å². The number of primary sulfonamides is 1. The number of phenols is 1. The molecule has 10 heteroatoms. The Bertz CT molecular complexity index is 927. The molecule has 0 bridgehead atoms. The van der Waals surface area contributed by atoms with Crippen molar-refractivity contribution in [1.82, 2.24) is 0 Å². The molecule has 0 spiro atoms. The number of nitrogens with one attached hydrogen (secondary N) is 2. The molecular formula is C16H17N3O5S2. The van der Waals surface area contributed by atoms with Crippen molar-refractivity contribution in [2.24, 2.45) is 5.14 Å². The average Bonchev–Trinajstić information content (AvgIpc) is 2.56. The lowest BCUT2D eigenvalue weighted by molar-refractivity contribution is 0.0526. The highest BCUT2D eigenvalue weighted by molar-refractivity contribution is 7.89. The third-order valence-corrected chi connectivity index (χ3v) is 4.31. The predicted molar refractivity (Wildman–Crippen MR) is 102 cm³/mol. The third-order valence-electron chi connectivity index (χ3n) is 3.20. The van der Waals surface area contributed by atoms with E-state index >= 15 is 0 Å². The number of carbonyl (C=O) groups excluding carboxylic acids is 1. The maximum Gasteiger partial charge on any atom is 0.338 e. The highest BCUT2D eigenvalue weighted by Gasteiger charge is 2.12. The lowest BCUT2D eigenvalue weighted by Gasteiger charge is -2.13. The number of hydrogen-bond acceptors (Lipinski definition) is 6. The summed E-state index contributed by atoms with van der Waals surface area (Å²) in [4.78, 5) is 11.4. The summed E-state index contributed by atoms with van der Waals surface area (Å²) < 4.78 is 27.7. The zero-order valence-electron chi connectivity index (χ0n) is 13.7. The van der Waals surface area contributed by atoms with Gasteiger partial charge in [-0.25, -0.2) is 18.4 Å². The fourth-order valence-electron chi connectivity index (χ4n) is 1.98. The minimum atomic E-state index is -3.91. The van der Waals surface area contributed by atoms with Gasteiger partial charge in [0.15, 0.2) is 5.11 Å². The second-order valence-electron chi connectivity index (χ2n) is 5.10. The first-order valence-corrected chi connectivity index (χ1v) is 9.37. The van der Waals surface area contributed by atoms with E-state index in [4.69, 9.17) is 22.1 Å². The number of anilines is 2. The van der Waals surface area contributed by atoms with Gasteiger partial charge >= 0.3 is 5.97 Å². The molecule has 0 radical (unpaired) electrons. The first-order chi connectivity index (χ1) is 12.2. The maximum absolute atomic E-state index is 11.6. The molecule has 138 valence electrons. The Hall–Kier alpha value is -2.69. The summed E-state index contributed by atoms with van der Waals surface area (Å²) >= 11 is 5.13. The first kappa shape index (κ1) is 19.6. The van der Waals surface area contributed by atoms with E-state index in [0.29, 0.717) is 11.3 Å². The number of benzene rings is 2. The summed E-state index contributed by atoms with van der Waals surface area (Å²) in [5.74, 6) is -0.622. The van der Waals surface area contributed by atoms with Crippen LogP contribution < -0.4 is 15.8 Å². The standard InChI is InChI=1S/C16H17N3O5S2/c1-2-24-15(21)10-3-5-11(6-4-10)18-16(25)19-13-9-12(26(17,22)23)7-8-14(13)20/h3-9,20H,2H2,1H3,(H2,17,22,23)(H2,18,19,25). The van der Waals surface area contributed by atoms with Crippen LogP contribution >= 0.6 is 12.2 Å². The molecule has 0 aromatic heterocycles. The largest absolute Gasteiger partial charge is 0.506 e. The summed E-state index contributed by atoms with van der Waals surface area (Å²) in [5.41, 5.74) is 1.06. The minimum absolute atomic E-state index is 0.0807. The Labute approximate surface area is 156 Å². The van der Waals surface area contributed by atoms with E-state index in [1.54, 1.807) is 31.2 Å². The van der Waals surface area contributed by atoms with Crippen LogP contribution in [0.2, 0.25) is 0 Å². The number of aromatic hydroxyl groups is 1. The number of nitrogens with two attached hydrogens (primary N) is 1. The molecule has 2 rings (SSSR count). The maximum atomic E-state index is 11.6. The van der Waals surface area contributed by atoms with Gasteiger partial charge < -0.3 is 20.5 Å². The quantitative estimate of drug-likeness (QED) is 0.344. The van der Waals surface area contributed by atoms with Crippen molar-refractivity contribution in [3.63, 3.8) is 0 Å². The fourth-order valence-corrected chi connectivity index (χ4v) is 2.75. The topological polar surface area (TPSA) is 131 Å². The Morgan fingerprint density at radius 1 is 1.19 bits per heavy atom. The van der Waals surface area contributed by atoms with Gasteiger partial charge in [-0.3, -0.25) is 0 Å². The van der Waals surface area contributed by atoms with Crippen molar-refractivity contribution >= 4 is 44.7 Å². The first-order valence-electron chi connectivity index (χ1n) is 7.41. The van der Waals surface area contributed by atoms with Crippen LogP contribution in [0, 0.1) is 0 Å². The Morgan fingerprint density at radius 3 is 2.42 bits per heavy atom. The van der Waals surface area contributed by atoms with E-state index < -0.39 is 16.0 Å². The molecule has 0 aliphatic heterocycles. The molecule has 26 heavy (non-hydrogen) atoms. The molecule has 2 aromatic carbocycles. The summed E-state index contributed by atoms with van der Waals surface area (Å²) in [6, 6.07) is 9.94. The van der Waals surface area contributed by atoms with Crippen LogP contribution in [0.25, 0.3) is 0 Å². The predicted octanol–water partition coefficient (Wildman–Crippen LogP) is 2.03. The van der Waals surface area contributed by atoms with E-state index in [1.807, 2.05) is 0 Å². The van der Waals surface area contributed by atoms with Gasteiger partial charge in [0.05, 0.1) is 22.8 Å². The summed E-state index contributed by atoms with van der Waals surface area (Å²) in [5, 5.41) is 20.5. The van der Waals surface area contributed by atoms with E-state index in [0.717, 1.165) is 0 Å². The third kappa shape index (κ3) is 5.15. The van der Waals surface area contributed by atoms with E-state index in [1.165, 1.54) is 18.2 Å². The van der Waals surface area contributed by atoms with Crippen molar-refractivity contribution in [3.05, 3.63) is 48.0 Å². The second kappa shape index (κ2) is 8.13. The van der Waals surface area contributed by atoms with Crippen LogP contribution in [0.3, 0.4) is 0 Å². The summed E-state index contributed by atoms with van der Waals surface area (Å²) in [6.45, 7) is 2.01. The van der Waals surface area contributed by atoms with E-state index in [9.17, 15) is 18.3 Å². The molecule has 0 heterocycles. The van der Waals surface area contributed by atoms with Gasteiger partial charge in [0.1, 0.15) is 5.75 Å². The fraction of sp³-hybridized carbons (Fsp3) is 0.125. The number of ether oxygens (including phenoxy) is 1. The Morgan fingerprint density at radius 2 is 1.85 bits per heavy atom. The number of esters is 1. The van der Waals surface area contributed by atoms with Crippen LogP contribution in [0.15, 0.2) is 47.4 Å². The number of hydrogen-bond donors (Lipinski definition) is 4. The van der Waals surface area contributed by atoms with Crippen molar-refractivity contribution < 1.29 is 23.1 Å².